The highest BCUT2D eigenvalue weighted by Gasteiger charge is 2.40. The van der Waals surface area contributed by atoms with Crippen LogP contribution in [-0.4, -0.2) is 25.9 Å². The predicted octanol–water partition coefficient (Wildman–Crippen LogP) is 2.69. The number of carbonyl (C=O) groups is 1. The fourth-order valence-corrected chi connectivity index (χ4v) is 4.71. The first-order valence-electron chi connectivity index (χ1n) is 8.07. The molecule has 0 bridgehead atoms. The van der Waals surface area contributed by atoms with Gasteiger partial charge in [-0.1, -0.05) is 49.9 Å². The summed E-state index contributed by atoms with van der Waals surface area (Å²) in [4.78, 5) is 29.2. The van der Waals surface area contributed by atoms with Gasteiger partial charge in [-0.05, 0) is 18.4 Å². The van der Waals surface area contributed by atoms with Gasteiger partial charge in [-0.25, -0.2) is 4.98 Å². The summed E-state index contributed by atoms with van der Waals surface area (Å²) in [6.07, 6.45) is 1.64. The van der Waals surface area contributed by atoms with E-state index in [9.17, 15) is 14.7 Å². The quantitative estimate of drug-likeness (QED) is 0.850. The molecule has 4 rings (SSSR count). The van der Waals surface area contributed by atoms with Crippen molar-refractivity contribution in [2.45, 2.75) is 49.1 Å². The Kier molecular flexibility index (Phi) is 3.35. The van der Waals surface area contributed by atoms with E-state index in [2.05, 4.69) is 19.9 Å². The maximum Gasteiger partial charge on any atom is 0.318 e. The molecule has 1 aromatic heterocycles. The van der Waals surface area contributed by atoms with Gasteiger partial charge < -0.3 is 5.11 Å². The normalized spacial score (nSPS) is 24.2. The summed E-state index contributed by atoms with van der Waals surface area (Å²) in [5.74, 6) is -0.901. The fraction of sp³-hybridized carbons (Fsp3) is 0.389. The van der Waals surface area contributed by atoms with Gasteiger partial charge in [0.2, 0.25) is 0 Å². The van der Waals surface area contributed by atoms with E-state index in [0.717, 1.165) is 29.7 Å². The third kappa shape index (κ3) is 2.05. The van der Waals surface area contributed by atoms with E-state index in [4.69, 9.17) is 4.98 Å². The minimum atomic E-state index is -0.901. The molecule has 1 aromatic carbocycles. The number of carboxylic acid groups (broad SMARTS) is 1. The van der Waals surface area contributed by atoms with Crippen LogP contribution in [0.25, 0.3) is 11.3 Å². The van der Waals surface area contributed by atoms with Crippen LogP contribution in [0.1, 0.15) is 31.4 Å². The zero-order chi connectivity index (χ0) is 17.1. The Morgan fingerprint density at radius 1 is 1.46 bits per heavy atom. The lowest BCUT2D eigenvalue weighted by atomic mass is 9.69. The van der Waals surface area contributed by atoms with E-state index in [-0.39, 0.29) is 17.5 Å². The highest BCUT2D eigenvalue weighted by molar-refractivity contribution is 8.00. The number of hydrogen-bond donors (Lipinski definition) is 1. The molecule has 2 atom stereocenters. The van der Waals surface area contributed by atoms with Crippen molar-refractivity contribution in [3.63, 3.8) is 0 Å². The monoisotopic (exact) mass is 342 g/mol. The Hall–Kier alpha value is -2.08. The lowest BCUT2D eigenvalue weighted by Gasteiger charge is -2.35. The van der Waals surface area contributed by atoms with Crippen LogP contribution >= 0.6 is 11.8 Å². The minimum Gasteiger partial charge on any atom is -0.480 e. The molecule has 1 aliphatic carbocycles. The summed E-state index contributed by atoms with van der Waals surface area (Å²) < 4.78 is 1.55. The number of aliphatic carboxylic acids is 1. The van der Waals surface area contributed by atoms with Crippen molar-refractivity contribution in [3.05, 3.63) is 45.7 Å². The highest BCUT2D eigenvalue weighted by Crippen LogP contribution is 2.44. The van der Waals surface area contributed by atoms with E-state index in [1.54, 1.807) is 4.57 Å². The molecule has 0 unspecified atom stereocenters. The van der Waals surface area contributed by atoms with Gasteiger partial charge in [0.05, 0.1) is 17.8 Å². The zero-order valence-electron chi connectivity index (χ0n) is 13.6. The molecule has 0 saturated heterocycles. The Bertz CT molecular complexity index is 921. The largest absolute Gasteiger partial charge is 0.480 e. The minimum absolute atomic E-state index is 0.0786. The van der Waals surface area contributed by atoms with Crippen molar-refractivity contribution in [2.75, 3.05) is 0 Å². The number of carboxylic acids is 1. The van der Waals surface area contributed by atoms with Crippen LogP contribution < -0.4 is 5.56 Å². The van der Waals surface area contributed by atoms with Crippen molar-refractivity contribution in [1.82, 2.24) is 9.55 Å². The molecule has 6 heteroatoms. The molecule has 5 nitrogen and oxygen atoms in total. The van der Waals surface area contributed by atoms with E-state index >= 15 is 0 Å². The molecule has 1 N–H and O–H groups in total. The van der Waals surface area contributed by atoms with Crippen LogP contribution in [0.5, 0.6) is 0 Å². The van der Waals surface area contributed by atoms with Gasteiger partial charge in [0.15, 0.2) is 5.16 Å². The van der Waals surface area contributed by atoms with Crippen LogP contribution in [0.15, 0.2) is 34.2 Å². The summed E-state index contributed by atoms with van der Waals surface area (Å²) in [6.45, 7) is 4.38. The molecule has 124 valence electrons. The van der Waals surface area contributed by atoms with E-state index < -0.39 is 11.2 Å². The third-order valence-corrected chi connectivity index (χ3v) is 6.40. The number of rotatable bonds is 2. The number of fused-ring (bicyclic) bond motifs is 4. The van der Waals surface area contributed by atoms with Crippen molar-refractivity contribution < 1.29 is 9.90 Å². The van der Waals surface area contributed by atoms with Gasteiger partial charge in [0, 0.05) is 11.0 Å². The molecule has 2 aliphatic rings. The molecule has 0 amide bonds. The molecular weight excluding hydrogens is 324 g/mol. The van der Waals surface area contributed by atoms with E-state index in [1.165, 1.54) is 17.3 Å². The lowest BCUT2D eigenvalue weighted by molar-refractivity contribution is -0.136. The molecule has 0 spiro atoms. The first-order chi connectivity index (χ1) is 11.4. The molecular formula is C18H18N2O3S. The average Bonchev–Trinajstić information content (AvgIpc) is 3.00. The van der Waals surface area contributed by atoms with Crippen molar-refractivity contribution >= 4 is 17.7 Å². The first-order valence-corrected chi connectivity index (χ1v) is 8.95. The van der Waals surface area contributed by atoms with Gasteiger partial charge in [0.25, 0.3) is 5.56 Å². The molecule has 0 radical (unpaired) electrons. The molecule has 0 fully saturated rings. The second-order valence-electron chi connectivity index (χ2n) is 6.73. The third-order valence-electron chi connectivity index (χ3n) is 5.24. The number of benzene rings is 1. The van der Waals surface area contributed by atoms with Gasteiger partial charge in [-0.3, -0.25) is 14.2 Å². The van der Waals surface area contributed by atoms with Crippen molar-refractivity contribution in [3.8, 4) is 11.3 Å². The summed E-state index contributed by atoms with van der Waals surface area (Å²) in [5, 5.41) is 9.16. The molecule has 2 aromatic rings. The van der Waals surface area contributed by atoms with Gasteiger partial charge in [-0.2, -0.15) is 0 Å². The molecule has 24 heavy (non-hydrogen) atoms. The topological polar surface area (TPSA) is 72.2 Å². The number of hydrogen-bond acceptors (Lipinski definition) is 4. The molecule has 0 saturated carbocycles. The van der Waals surface area contributed by atoms with Crippen LogP contribution in [0, 0.1) is 0 Å². The maximum atomic E-state index is 13.2. The Morgan fingerprint density at radius 3 is 2.92 bits per heavy atom. The number of nitrogens with zero attached hydrogens (tertiary/aromatic N) is 2. The van der Waals surface area contributed by atoms with E-state index in [0.29, 0.717) is 5.16 Å². The summed E-state index contributed by atoms with van der Waals surface area (Å²) >= 11 is 1.17. The van der Waals surface area contributed by atoms with Crippen LogP contribution in [0.3, 0.4) is 0 Å². The average molecular weight is 342 g/mol. The molecule has 1 aliphatic heterocycles. The van der Waals surface area contributed by atoms with Crippen LogP contribution in [-0.2, 0) is 23.2 Å². The van der Waals surface area contributed by atoms with Crippen molar-refractivity contribution in [2.24, 2.45) is 0 Å². The van der Waals surface area contributed by atoms with Gasteiger partial charge in [0.1, 0.15) is 5.25 Å². The summed E-state index contributed by atoms with van der Waals surface area (Å²) in [6, 6.07) is 8.05. The SMILES string of the molecule is CC[C@]1(C)Cc2ccccc2-c2nc3n(c(=O)c21)C[C@H](C(=O)O)S3. The molecule has 2 heterocycles. The van der Waals surface area contributed by atoms with Crippen LogP contribution in [0.2, 0.25) is 0 Å². The second kappa shape index (κ2) is 5.21. The Morgan fingerprint density at radius 2 is 2.21 bits per heavy atom. The van der Waals surface area contributed by atoms with Crippen molar-refractivity contribution in [1.29, 1.82) is 0 Å². The lowest BCUT2D eigenvalue weighted by Crippen LogP contribution is -2.39. The summed E-state index contributed by atoms with van der Waals surface area (Å²) in [7, 11) is 0. The number of aromatic nitrogens is 2. The predicted molar refractivity (Wildman–Crippen MR) is 92.6 cm³/mol. The highest BCUT2D eigenvalue weighted by atomic mass is 32.2. The first kappa shape index (κ1) is 15.4. The summed E-state index contributed by atoms with van der Waals surface area (Å²) in [5.41, 5.74) is 3.31. The number of thioether (sulfide) groups is 1. The fourth-order valence-electron chi connectivity index (χ4n) is 3.70. The van der Waals surface area contributed by atoms with Gasteiger partial charge in [-0.15, -0.1) is 0 Å². The van der Waals surface area contributed by atoms with E-state index in [1.807, 2.05) is 18.2 Å². The smallest absolute Gasteiger partial charge is 0.318 e. The standard InChI is InChI=1S/C18H18N2O3S/c1-3-18(2)8-10-6-4-5-7-11(10)14-13(18)15(21)20-9-12(16(22)23)24-17(20)19-14/h4-7,12H,3,8-9H2,1-2H3,(H,22,23)/t12-,18-/m1/s1. The Balaban J connectivity index is 2.00. The zero-order valence-corrected chi connectivity index (χ0v) is 14.4. The van der Waals surface area contributed by atoms with Crippen LogP contribution in [0.4, 0.5) is 0 Å². The Labute approximate surface area is 143 Å². The second-order valence-corrected chi connectivity index (χ2v) is 7.90. The van der Waals surface area contributed by atoms with Gasteiger partial charge >= 0.3 is 5.97 Å². The maximum absolute atomic E-state index is 13.2.